The third-order valence-corrected chi connectivity index (χ3v) is 3.97. The van der Waals surface area contributed by atoms with E-state index in [4.69, 9.17) is 39.5 Å². The van der Waals surface area contributed by atoms with Gasteiger partial charge in [0.1, 0.15) is 11.6 Å². The van der Waals surface area contributed by atoms with Gasteiger partial charge < -0.3 is 10.1 Å². The summed E-state index contributed by atoms with van der Waals surface area (Å²) in [6.07, 6.45) is 0. The third kappa shape index (κ3) is 3.73. The summed E-state index contributed by atoms with van der Waals surface area (Å²) in [5, 5.41) is 4.14. The van der Waals surface area contributed by atoms with Gasteiger partial charge in [0.25, 0.3) is 0 Å². The zero-order valence-electron chi connectivity index (χ0n) is 11.4. The van der Waals surface area contributed by atoms with Gasteiger partial charge in [0.15, 0.2) is 0 Å². The van der Waals surface area contributed by atoms with Crippen molar-refractivity contribution in [3.05, 3.63) is 56.8 Å². The Morgan fingerprint density at radius 1 is 1.05 bits per heavy atom. The second-order valence-electron chi connectivity index (χ2n) is 4.50. The van der Waals surface area contributed by atoms with Crippen molar-refractivity contribution in [2.45, 2.75) is 13.0 Å². The Kier molecular flexibility index (Phi) is 5.20. The lowest BCUT2D eigenvalue weighted by atomic mass is 10.1. The fourth-order valence-corrected chi connectivity index (χ4v) is 2.69. The summed E-state index contributed by atoms with van der Waals surface area (Å²) in [7, 11) is 1.54. The van der Waals surface area contributed by atoms with E-state index in [2.05, 4.69) is 5.32 Å². The molecule has 1 N–H and O–H groups in total. The number of halogens is 4. The Hall–Kier alpha value is -1.16. The first-order valence-electron chi connectivity index (χ1n) is 6.17. The molecule has 0 amide bonds. The molecule has 0 radical (unpaired) electrons. The molecule has 1 atom stereocenters. The average molecular weight is 349 g/mol. The Bertz CT molecular complexity index is 664. The van der Waals surface area contributed by atoms with Crippen molar-refractivity contribution in [2.75, 3.05) is 12.4 Å². The molecule has 0 bridgehead atoms. The molecule has 0 aliphatic heterocycles. The normalized spacial score (nSPS) is 12.1. The topological polar surface area (TPSA) is 21.3 Å². The summed E-state index contributed by atoms with van der Waals surface area (Å²) in [5.41, 5.74) is 1.41. The highest BCUT2D eigenvalue weighted by Gasteiger charge is 2.14. The monoisotopic (exact) mass is 347 g/mol. The van der Waals surface area contributed by atoms with Crippen LogP contribution in [0.2, 0.25) is 15.1 Å². The molecule has 0 fully saturated rings. The molecule has 0 saturated heterocycles. The zero-order chi connectivity index (χ0) is 15.6. The first kappa shape index (κ1) is 16.2. The number of anilines is 1. The highest BCUT2D eigenvalue weighted by Crippen LogP contribution is 2.32. The number of ether oxygens (including phenoxy) is 1. The van der Waals surface area contributed by atoms with Gasteiger partial charge in [-0.2, -0.15) is 0 Å². The number of nitrogens with one attached hydrogen (secondary N) is 1. The molecule has 0 aliphatic carbocycles. The van der Waals surface area contributed by atoms with E-state index in [-0.39, 0.29) is 11.1 Å². The third-order valence-electron chi connectivity index (χ3n) is 3.04. The lowest BCUT2D eigenvalue weighted by Crippen LogP contribution is -2.08. The molecule has 0 heterocycles. The molecule has 0 saturated carbocycles. The molecule has 21 heavy (non-hydrogen) atoms. The summed E-state index contributed by atoms with van der Waals surface area (Å²) >= 11 is 17.8. The number of hydrogen-bond donors (Lipinski definition) is 1. The predicted octanol–water partition coefficient (Wildman–Crippen LogP) is 5.97. The summed E-state index contributed by atoms with van der Waals surface area (Å²) in [5.74, 6) is 0.0562. The molecular weight excluding hydrogens is 336 g/mol. The zero-order valence-corrected chi connectivity index (χ0v) is 13.7. The standard InChI is InChI=1S/C15H13Cl3FNO/c1-8(10-6-14(19)13(18)7-12(10)17)20-9-3-4-11(16)15(5-9)21-2/h3-8,20H,1-2H3. The van der Waals surface area contributed by atoms with Crippen LogP contribution in [0.25, 0.3) is 0 Å². The van der Waals surface area contributed by atoms with Crippen molar-refractivity contribution in [1.29, 1.82) is 0 Å². The van der Waals surface area contributed by atoms with Gasteiger partial charge >= 0.3 is 0 Å². The highest BCUT2D eigenvalue weighted by atomic mass is 35.5. The van der Waals surface area contributed by atoms with Crippen LogP contribution < -0.4 is 10.1 Å². The van der Waals surface area contributed by atoms with Crippen molar-refractivity contribution in [1.82, 2.24) is 0 Å². The van der Waals surface area contributed by atoms with Crippen LogP contribution in [-0.2, 0) is 0 Å². The fourth-order valence-electron chi connectivity index (χ4n) is 1.95. The molecule has 2 aromatic rings. The van der Waals surface area contributed by atoms with Crippen LogP contribution in [0.3, 0.4) is 0 Å². The average Bonchev–Trinajstić information content (AvgIpc) is 2.44. The van der Waals surface area contributed by atoms with Crippen LogP contribution in [0.5, 0.6) is 5.75 Å². The van der Waals surface area contributed by atoms with E-state index in [1.54, 1.807) is 19.2 Å². The Morgan fingerprint density at radius 3 is 2.43 bits per heavy atom. The van der Waals surface area contributed by atoms with E-state index in [1.165, 1.54) is 12.1 Å². The van der Waals surface area contributed by atoms with Gasteiger partial charge in [-0.05, 0) is 36.8 Å². The molecule has 0 aromatic heterocycles. The van der Waals surface area contributed by atoms with E-state index in [0.717, 1.165) is 5.69 Å². The van der Waals surface area contributed by atoms with Crippen LogP contribution in [0.1, 0.15) is 18.5 Å². The van der Waals surface area contributed by atoms with Crippen LogP contribution in [0.15, 0.2) is 30.3 Å². The molecule has 112 valence electrons. The summed E-state index contributed by atoms with van der Waals surface area (Å²) < 4.78 is 18.7. The molecule has 6 heteroatoms. The molecule has 0 spiro atoms. The van der Waals surface area contributed by atoms with E-state index >= 15 is 0 Å². The van der Waals surface area contributed by atoms with Gasteiger partial charge in [-0.25, -0.2) is 4.39 Å². The summed E-state index contributed by atoms with van der Waals surface area (Å²) in [6, 6.07) is 7.80. The number of rotatable bonds is 4. The molecule has 2 rings (SSSR count). The van der Waals surface area contributed by atoms with Gasteiger partial charge in [0.05, 0.1) is 23.2 Å². The van der Waals surface area contributed by atoms with E-state index in [0.29, 0.717) is 21.4 Å². The van der Waals surface area contributed by atoms with Crippen LogP contribution in [-0.4, -0.2) is 7.11 Å². The van der Waals surface area contributed by atoms with Crippen molar-refractivity contribution in [2.24, 2.45) is 0 Å². The quantitative estimate of drug-likeness (QED) is 0.687. The largest absolute Gasteiger partial charge is 0.495 e. The van der Waals surface area contributed by atoms with Gasteiger partial charge in [0, 0.05) is 16.8 Å². The Balaban J connectivity index is 2.25. The highest BCUT2D eigenvalue weighted by molar-refractivity contribution is 6.35. The van der Waals surface area contributed by atoms with Gasteiger partial charge in [-0.3, -0.25) is 0 Å². The Labute approximate surface area is 137 Å². The molecule has 1 unspecified atom stereocenters. The van der Waals surface area contributed by atoms with Crippen LogP contribution in [0.4, 0.5) is 10.1 Å². The maximum atomic E-state index is 13.6. The van der Waals surface area contributed by atoms with E-state index in [9.17, 15) is 4.39 Å². The minimum atomic E-state index is -0.501. The number of benzene rings is 2. The fraction of sp³-hybridized carbons (Fsp3) is 0.200. The minimum Gasteiger partial charge on any atom is -0.495 e. The van der Waals surface area contributed by atoms with Crippen molar-refractivity contribution >= 4 is 40.5 Å². The van der Waals surface area contributed by atoms with Crippen LogP contribution in [0, 0.1) is 5.82 Å². The first-order valence-corrected chi connectivity index (χ1v) is 7.30. The minimum absolute atomic E-state index is 0.00381. The SMILES string of the molecule is COc1cc(NC(C)c2cc(F)c(Cl)cc2Cl)ccc1Cl. The Morgan fingerprint density at radius 2 is 1.76 bits per heavy atom. The van der Waals surface area contributed by atoms with Gasteiger partial charge in [0.2, 0.25) is 0 Å². The summed E-state index contributed by atoms with van der Waals surface area (Å²) in [6.45, 7) is 1.87. The predicted molar refractivity (Wildman–Crippen MR) is 86.5 cm³/mol. The molecule has 2 aromatic carbocycles. The second kappa shape index (κ2) is 6.73. The lowest BCUT2D eigenvalue weighted by Gasteiger charge is -2.18. The molecular formula is C15H13Cl3FNO. The number of hydrogen-bond acceptors (Lipinski definition) is 2. The lowest BCUT2D eigenvalue weighted by molar-refractivity contribution is 0.415. The maximum Gasteiger partial charge on any atom is 0.142 e. The molecule has 0 aliphatic rings. The first-order chi connectivity index (χ1) is 9.92. The summed E-state index contributed by atoms with van der Waals surface area (Å²) in [4.78, 5) is 0. The van der Waals surface area contributed by atoms with Gasteiger partial charge in [-0.15, -0.1) is 0 Å². The van der Waals surface area contributed by atoms with Crippen molar-refractivity contribution in [3.8, 4) is 5.75 Å². The van der Waals surface area contributed by atoms with E-state index in [1.807, 2.05) is 13.0 Å². The second-order valence-corrected chi connectivity index (χ2v) is 5.72. The maximum absolute atomic E-state index is 13.6. The van der Waals surface area contributed by atoms with E-state index < -0.39 is 5.82 Å². The molecule has 2 nitrogen and oxygen atoms in total. The van der Waals surface area contributed by atoms with Gasteiger partial charge in [-0.1, -0.05) is 34.8 Å². The van der Waals surface area contributed by atoms with Crippen molar-refractivity contribution in [3.63, 3.8) is 0 Å². The number of methoxy groups -OCH3 is 1. The van der Waals surface area contributed by atoms with Crippen LogP contribution >= 0.6 is 34.8 Å². The van der Waals surface area contributed by atoms with Crippen molar-refractivity contribution < 1.29 is 9.13 Å². The smallest absolute Gasteiger partial charge is 0.142 e.